The van der Waals surface area contributed by atoms with E-state index in [0.717, 1.165) is 10.8 Å². The Kier molecular flexibility index (Phi) is 7.37. The monoisotopic (exact) mass is 387 g/mol. The average Bonchev–Trinajstić information content (AvgIpc) is 2.73. The molecule has 7 heteroatoms. The Labute approximate surface area is 164 Å². The number of carbonyl (C=O) groups is 3. The van der Waals surface area contributed by atoms with E-state index in [1.807, 2.05) is 38.1 Å². The number of amides is 1. The molecule has 0 aliphatic carbocycles. The Bertz CT molecular complexity index is 863. The minimum absolute atomic E-state index is 0.118. The summed E-state index contributed by atoms with van der Waals surface area (Å²) in [6, 6.07) is 10.1. The number of fused-ring (bicyclic) bond motifs is 1. The zero-order chi connectivity index (χ0) is 20.7. The van der Waals surface area contributed by atoms with Crippen molar-refractivity contribution < 1.29 is 28.6 Å². The van der Waals surface area contributed by atoms with Crippen LogP contribution in [0.1, 0.15) is 30.6 Å². The van der Waals surface area contributed by atoms with E-state index in [1.54, 1.807) is 12.1 Å². The first kappa shape index (κ1) is 21.2. The molecule has 0 radical (unpaired) electrons. The highest BCUT2D eigenvalue weighted by Crippen LogP contribution is 2.26. The van der Waals surface area contributed by atoms with Crippen LogP contribution in [0.2, 0.25) is 0 Å². The number of esters is 2. The predicted molar refractivity (Wildman–Crippen MR) is 104 cm³/mol. The topological polar surface area (TPSA) is 90.9 Å². The van der Waals surface area contributed by atoms with Gasteiger partial charge in [0.15, 0.2) is 6.61 Å². The van der Waals surface area contributed by atoms with Crippen molar-refractivity contribution in [3.05, 3.63) is 42.0 Å². The van der Waals surface area contributed by atoms with Crippen molar-refractivity contribution in [1.29, 1.82) is 0 Å². The maximum absolute atomic E-state index is 12.5. The lowest BCUT2D eigenvalue weighted by Crippen LogP contribution is -2.47. The van der Waals surface area contributed by atoms with Crippen LogP contribution in [-0.4, -0.2) is 44.7 Å². The molecule has 2 unspecified atom stereocenters. The Morgan fingerprint density at radius 1 is 1.07 bits per heavy atom. The summed E-state index contributed by atoms with van der Waals surface area (Å²) in [6.45, 7) is 3.21. The van der Waals surface area contributed by atoms with Crippen molar-refractivity contribution in [2.24, 2.45) is 5.92 Å². The van der Waals surface area contributed by atoms with Crippen LogP contribution in [0, 0.1) is 5.92 Å². The van der Waals surface area contributed by atoms with Crippen LogP contribution < -0.4 is 10.1 Å². The standard InChI is InChI=1S/C21H25NO6/c1-5-13(2)19(21(25)27-4)22-18(23)12-28-20(24)16-10-14-8-6-7-9-15(14)11-17(16)26-3/h6-11,13,19H,5,12H2,1-4H3,(H,22,23). The molecule has 0 aromatic heterocycles. The van der Waals surface area contributed by atoms with Gasteiger partial charge in [0.25, 0.3) is 5.91 Å². The summed E-state index contributed by atoms with van der Waals surface area (Å²) in [5.74, 6) is -1.56. The first-order valence-electron chi connectivity index (χ1n) is 9.02. The molecule has 0 bridgehead atoms. The van der Waals surface area contributed by atoms with E-state index in [9.17, 15) is 14.4 Å². The molecule has 0 spiro atoms. The molecule has 0 saturated carbocycles. The molecule has 28 heavy (non-hydrogen) atoms. The maximum Gasteiger partial charge on any atom is 0.342 e. The van der Waals surface area contributed by atoms with E-state index in [0.29, 0.717) is 12.2 Å². The van der Waals surface area contributed by atoms with Gasteiger partial charge in [0.2, 0.25) is 0 Å². The highest BCUT2D eigenvalue weighted by molar-refractivity contribution is 5.99. The molecule has 2 aromatic rings. The van der Waals surface area contributed by atoms with Crippen LogP contribution in [-0.2, 0) is 19.1 Å². The maximum atomic E-state index is 12.5. The summed E-state index contributed by atoms with van der Waals surface area (Å²) in [5, 5.41) is 4.33. The molecule has 2 aromatic carbocycles. The number of ether oxygens (including phenoxy) is 3. The lowest BCUT2D eigenvalue weighted by molar-refractivity contribution is -0.147. The van der Waals surface area contributed by atoms with Gasteiger partial charge in [-0.15, -0.1) is 0 Å². The fraction of sp³-hybridized carbons (Fsp3) is 0.381. The van der Waals surface area contributed by atoms with Gasteiger partial charge in [-0.25, -0.2) is 9.59 Å². The third-order valence-electron chi connectivity index (χ3n) is 4.61. The Morgan fingerprint density at radius 2 is 1.71 bits per heavy atom. The fourth-order valence-corrected chi connectivity index (χ4v) is 2.77. The second-order valence-corrected chi connectivity index (χ2v) is 6.43. The molecule has 7 nitrogen and oxygen atoms in total. The highest BCUT2D eigenvalue weighted by atomic mass is 16.5. The third-order valence-corrected chi connectivity index (χ3v) is 4.61. The van der Waals surface area contributed by atoms with Crippen molar-refractivity contribution in [3.8, 4) is 5.75 Å². The predicted octanol–water partition coefficient (Wildman–Crippen LogP) is 2.71. The van der Waals surface area contributed by atoms with E-state index in [4.69, 9.17) is 14.2 Å². The summed E-state index contributed by atoms with van der Waals surface area (Å²) < 4.78 is 15.1. The SMILES string of the molecule is CCC(C)C(NC(=O)COC(=O)c1cc2ccccc2cc1OC)C(=O)OC. The van der Waals surface area contributed by atoms with Gasteiger partial charge in [0.1, 0.15) is 17.4 Å². The van der Waals surface area contributed by atoms with Crippen molar-refractivity contribution in [3.63, 3.8) is 0 Å². The number of benzene rings is 2. The molecule has 150 valence electrons. The Balaban J connectivity index is 2.07. The molecule has 0 aliphatic rings. The number of nitrogens with one attached hydrogen (secondary N) is 1. The van der Waals surface area contributed by atoms with Crippen molar-refractivity contribution in [2.45, 2.75) is 26.3 Å². The smallest absolute Gasteiger partial charge is 0.342 e. The number of carbonyl (C=O) groups excluding carboxylic acids is 3. The zero-order valence-corrected chi connectivity index (χ0v) is 16.5. The van der Waals surface area contributed by atoms with Gasteiger partial charge >= 0.3 is 11.9 Å². The molecule has 2 rings (SSSR count). The molecule has 1 amide bonds. The minimum atomic E-state index is -0.795. The van der Waals surface area contributed by atoms with E-state index < -0.39 is 30.5 Å². The number of rotatable bonds is 8. The van der Waals surface area contributed by atoms with Crippen LogP contribution in [0.25, 0.3) is 10.8 Å². The largest absolute Gasteiger partial charge is 0.496 e. The fourth-order valence-electron chi connectivity index (χ4n) is 2.77. The molecular weight excluding hydrogens is 362 g/mol. The van der Waals surface area contributed by atoms with Crippen LogP contribution in [0.15, 0.2) is 36.4 Å². The summed E-state index contributed by atoms with van der Waals surface area (Å²) in [6.07, 6.45) is 0.675. The summed E-state index contributed by atoms with van der Waals surface area (Å²) in [4.78, 5) is 36.5. The lowest BCUT2D eigenvalue weighted by atomic mass is 9.99. The lowest BCUT2D eigenvalue weighted by Gasteiger charge is -2.21. The van der Waals surface area contributed by atoms with Gasteiger partial charge in [0, 0.05) is 0 Å². The average molecular weight is 387 g/mol. The normalized spacial score (nSPS) is 12.7. The van der Waals surface area contributed by atoms with Crippen LogP contribution in [0.4, 0.5) is 0 Å². The summed E-state index contributed by atoms with van der Waals surface area (Å²) >= 11 is 0. The molecule has 2 atom stereocenters. The zero-order valence-electron chi connectivity index (χ0n) is 16.5. The molecule has 0 fully saturated rings. The van der Waals surface area contributed by atoms with E-state index in [1.165, 1.54) is 14.2 Å². The second kappa shape index (κ2) is 9.73. The van der Waals surface area contributed by atoms with Crippen LogP contribution >= 0.6 is 0 Å². The van der Waals surface area contributed by atoms with Gasteiger partial charge < -0.3 is 19.5 Å². The van der Waals surface area contributed by atoms with Gasteiger partial charge in [-0.3, -0.25) is 4.79 Å². The van der Waals surface area contributed by atoms with E-state index >= 15 is 0 Å². The summed E-state index contributed by atoms with van der Waals surface area (Å²) in [5.41, 5.74) is 0.223. The van der Waals surface area contributed by atoms with E-state index in [2.05, 4.69) is 5.32 Å². The van der Waals surface area contributed by atoms with Crippen LogP contribution in [0.5, 0.6) is 5.75 Å². The van der Waals surface area contributed by atoms with Gasteiger partial charge in [0.05, 0.1) is 14.2 Å². The minimum Gasteiger partial charge on any atom is -0.496 e. The summed E-state index contributed by atoms with van der Waals surface area (Å²) in [7, 11) is 2.72. The third kappa shape index (κ3) is 5.00. The molecule has 0 aliphatic heterocycles. The molecule has 1 N–H and O–H groups in total. The van der Waals surface area contributed by atoms with Gasteiger partial charge in [-0.2, -0.15) is 0 Å². The highest BCUT2D eigenvalue weighted by Gasteiger charge is 2.27. The first-order valence-corrected chi connectivity index (χ1v) is 9.02. The van der Waals surface area contributed by atoms with E-state index in [-0.39, 0.29) is 11.5 Å². The second-order valence-electron chi connectivity index (χ2n) is 6.43. The first-order chi connectivity index (χ1) is 13.4. The van der Waals surface area contributed by atoms with Crippen molar-refractivity contribution in [2.75, 3.05) is 20.8 Å². The molecule has 0 saturated heterocycles. The Morgan fingerprint density at radius 3 is 2.29 bits per heavy atom. The number of methoxy groups -OCH3 is 2. The van der Waals surface area contributed by atoms with Crippen molar-refractivity contribution >= 4 is 28.6 Å². The van der Waals surface area contributed by atoms with Gasteiger partial charge in [-0.1, -0.05) is 44.5 Å². The van der Waals surface area contributed by atoms with Crippen LogP contribution in [0.3, 0.4) is 0 Å². The number of hydrogen-bond acceptors (Lipinski definition) is 6. The quantitative estimate of drug-likeness (QED) is 0.701. The number of hydrogen-bond donors (Lipinski definition) is 1. The molecular formula is C21H25NO6. The van der Waals surface area contributed by atoms with Gasteiger partial charge in [-0.05, 0) is 28.8 Å². The Hall–Kier alpha value is -3.09. The van der Waals surface area contributed by atoms with Crippen molar-refractivity contribution in [1.82, 2.24) is 5.32 Å². The molecule has 0 heterocycles.